The van der Waals surface area contributed by atoms with E-state index in [0.29, 0.717) is 0 Å². The standard InChI is InChI=1S/C10H10N2O/c1-13-12-10-6-2-5-9-8(10)4-3-7-11-9/h2-7,12H,1H3. The number of hydrogen-bond acceptors (Lipinski definition) is 3. The van der Waals surface area contributed by atoms with Crippen molar-refractivity contribution in [1.29, 1.82) is 0 Å². The summed E-state index contributed by atoms with van der Waals surface area (Å²) in [5.74, 6) is 0. The summed E-state index contributed by atoms with van der Waals surface area (Å²) in [6.45, 7) is 0. The van der Waals surface area contributed by atoms with E-state index in [2.05, 4.69) is 10.5 Å². The van der Waals surface area contributed by atoms with Gasteiger partial charge in [-0.2, -0.15) is 0 Å². The molecule has 0 unspecified atom stereocenters. The fourth-order valence-electron chi connectivity index (χ4n) is 1.30. The lowest BCUT2D eigenvalue weighted by atomic mass is 10.2. The zero-order valence-electron chi connectivity index (χ0n) is 7.32. The number of rotatable bonds is 2. The maximum atomic E-state index is 4.86. The molecule has 0 saturated heterocycles. The van der Waals surface area contributed by atoms with Crippen molar-refractivity contribution in [3.05, 3.63) is 36.5 Å². The van der Waals surface area contributed by atoms with Gasteiger partial charge in [0, 0.05) is 11.6 Å². The zero-order valence-corrected chi connectivity index (χ0v) is 7.32. The van der Waals surface area contributed by atoms with Gasteiger partial charge < -0.3 is 0 Å². The Morgan fingerprint density at radius 3 is 3.00 bits per heavy atom. The first-order valence-corrected chi connectivity index (χ1v) is 4.04. The Kier molecular flexibility index (Phi) is 2.10. The molecule has 3 nitrogen and oxygen atoms in total. The first-order chi connectivity index (χ1) is 6.42. The predicted octanol–water partition coefficient (Wildman–Crippen LogP) is 2.21. The van der Waals surface area contributed by atoms with Crippen molar-refractivity contribution in [1.82, 2.24) is 4.98 Å². The van der Waals surface area contributed by atoms with Crippen molar-refractivity contribution in [3.63, 3.8) is 0 Å². The lowest BCUT2D eigenvalue weighted by Gasteiger charge is -2.05. The first-order valence-electron chi connectivity index (χ1n) is 4.04. The maximum absolute atomic E-state index is 4.86. The van der Waals surface area contributed by atoms with Crippen LogP contribution >= 0.6 is 0 Å². The number of hydrogen-bond donors (Lipinski definition) is 1. The van der Waals surface area contributed by atoms with Crippen molar-refractivity contribution >= 4 is 16.6 Å². The minimum Gasteiger partial charge on any atom is -0.279 e. The fourth-order valence-corrected chi connectivity index (χ4v) is 1.30. The van der Waals surface area contributed by atoms with Gasteiger partial charge in [0.1, 0.15) is 0 Å². The average Bonchev–Trinajstić information content (AvgIpc) is 2.19. The Morgan fingerprint density at radius 1 is 1.23 bits per heavy atom. The van der Waals surface area contributed by atoms with Gasteiger partial charge in [-0.15, -0.1) is 0 Å². The first kappa shape index (κ1) is 8.01. The van der Waals surface area contributed by atoms with Crippen molar-refractivity contribution in [2.24, 2.45) is 0 Å². The average molecular weight is 174 g/mol. The molecule has 3 heteroatoms. The van der Waals surface area contributed by atoms with Crippen LogP contribution in [0.1, 0.15) is 0 Å². The smallest absolute Gasteiger partial charge is 0.0723 e. The van der Waals surface area contributed by atoms with Gasteiger partial charge in [-0.3, -0.25) is 15.3 Å². The third-order valence-electron chi connectivity index (χ3n) is 1.86. The van der Waals surface area contributed by atoms with Crippen LogP contribution in [0.25, 0.3) is 10.9 Å². The molecule has 1 aromatic heterocycles. The van der Waals surface area contributed by atoms with Crippen LogP contribution in [0.4, 0.5) is 5.69 Å². The highest BCUT2D eigenvalue weighted by Gasteiger charge is 1.98. The molecule has 0 aliphatic heterocycles. The molecule has 0 fully saturated rings. The summed E-state index contributed by atoms with van der Waals surface area (Å²) in [5, 5.41) is 1.06. The van der Waals surface area contributed by atoms with Gasteiger partial charge in [0.2, 0.25) is 0 Å². The van der Waals surface area contributed by atoms with E-state index >= 15 is 0 Å². The highest BCUT2D eigenvalue weighted by molar-refractivity contribution is 5.90. The van der Waals surface area contributed by atoms with E-state index < -0.39 is 0 Å². The molecule has 2 aromatic rings. The second kappa shape index (κ2) is 3.41. The van der Waals surface area contributed by atoms with Crippen molar-refractivity contribution in [3.8, 4) is 0 Å². The Balaban J connectivity index is 2.61. The second-order valence-electron chi connectivity index (χ2n) is 2.68. The predicted molar refractivity (Wildman–Crippen MR) is 52.4 cm³/mol. The molecule has 0 aliphatic carbocycles. The molecule has 1 heterocycles. The Morgan fingerprint density at radius 2 is 2.15 bits per heavy atom. The summed E-state index contributed by atoms with van der Waals surface area (Å²) in [7, 11) is 1.59. The SMILES string of the molecule is CONc1cccc2ncccc12. The normalized spacial score (nSPS) is 10.2. The van der Waals surface area contributed by atoms with E-state index in [1.54, 1.807) is 13.3 Å². The molecular weight excluding hydrogens is 164 g/mol. The minimum atomic E-state index is 0.938. The van der Waals surface area contributed by atoms with E-state index in [1.165, 1.54) is 0 Å². The summed E-state index contributed by atoms with van der Waals surface area (Å²) in [5.41, 5.74) is 4.71. The van der Waals surface area contributed by atoms with Gasteiger partial charge in [-0.25, -0.2) is 0 Å². The lowest BCUT2D eigenvalue weighted by Crippen LogP contribution is -1.96. The topological polar surface area (TPSA) is 34.1 Å². The van der Waals surface area contributed by atoms with Crippen LogP contribution in [-0.2, 0) is 4.84 Å². The molecule has 0 spiro atoms. The van der Waals surface area contributed by atoms with Crippen LogP contribution in [0.15, 0.2) is 36.5 Å². The molecule has 1 N–H and O–H groups in total. The van der Waals surface area contributed by atoms with Crippen LogP contribution in [0, 0.1) is 0 Å². The second-order valence-corrected chi connectivity index (χ2v) is 2.68. The van der Waals surface area contributed by atoms with Crippen molar-refractivity contribution < 1.29 is 4.84 Å². The van der Waals surface area contributed by atoms with Crippen LogP contribution in [0.3, 0.4) is 0 Å². The molecule has 0 atom stereocenters. The van der Waals surface area contributed by atoms with Crippen LogP contribution < -0.4 is 5.48 Å². The van der Waals surface area contributed by atoms with Gasteiger partial charge >= 0.3 is 0 Å². The summed E-state index contributed by atoms with van der Waals surface area (Å²) < 4.78 is 0. The zero-order chi connectivity index (χ0) is 9.10. The van der Waals surface area contributed by atoms with Gasteiger partial charge in [-0.1, -0.05) is 6.07 Å². The van der Waals surface area contributed by atoms with E-state index in [9.17, 15) is 0 Å². The lowest BCUT2D eigenvalue weighted by molar-refractivity contribution is 0.271. The van der Waals surface area contributed by atoms with Crippen LogP contribution in [0.2, 0.25) is 0 Å². The number of fused-ring (bicyclic) bond motifs is 1. The summed E-state index contributed by atoms with van der Waals surface area (Å²) in [6.07, 6.45) is 1.78. The quantitative estimate of drug-likeness (QED) is 0.709. The van der Waals surface area contributed by atoms with Gasteiger partial charge in [0.15, 0.2) is 0 Å². The van der Waals surface area contributed by atoms with Crippen molar-refractivity contribution in [2.45, 2.75) is 0 Å². The summed E-state index contributed by atoms with van der Waals surface area (Å²) in [4.78, 5) is 9.09. The third-order valence-corrected chi connectivity index (χ3v) is 1.86. The largest absolute Gasteiger partial charge is 0.279 e. The Labute approximate surface area is 76.3 Å². The fraction of sp³-hybridized carbons (Fsp3) is 0.100. The third kappa shape index (κ3) is 1.46. The number of anilines is 1. The number of pyridine rings is 1. The van der Waals surface area contributed by atoms with Crippen molar-refractivity contribution in [2.75, 3.05) is 12.6 Å². The van der Waals surface area contributed by atoms with Gasteiger partial charge in [0.05, 0.1) is 18.3 Å². The molecule has 0 amide bonds. The maximum Gasteiger partial charge on any atom is 0.0723 e. The molecule has 2 rings (SSSR count). The molecule has 1 aromatic carbocycles. The molecule has 0 saturated carbocycles. The molecule has 0 radical (unpaired) electrons. The number of nitrogens with zero attached hydrogens (tertiary/aromatic N) is 1. The van der Waals surface area contributed by atoms with E-state index in [4.69, 9.17) is 4.84 Å². The van der Waals surface area contributed by atoms with E-state index in [-0.39, 0.29) is 0 Å². The number of aromatic nitrogens is 1. The molecule has 66 valence electrons. The van der Waals surface area contributed by atoms with E-state index in [1.807, 2.05) is 30.3 Å². The Bertz CT molecular complexity index is 409. The molecule has 13 heavy (non-hydrogen) atoms. The number of benzene rings is 1. The summed E-state index contributed by atoms with van der Waals surface area (Å²) in [6, 6.07) is 9.77. The molecular formula is C10H10N2O. The molecule has 0 aliphatic rings. The van der Waals surface area contributed by atoms with Crippen LogP contribution in [-0.4, -0.2) is 12.1 Å². The van der Waals surface area contributed by atoms with Gasteiger partial charge in [-0.05, 0) is 24.3 Å². The van der Waals surface area contributed by atoms with Gasteiger partial charge in [0.25, 0.3) is 0 Å². The monoisotopic (exact) mass is 174 g/mol. The minimum absolute atomic E-state index is 0.938. The van der Waals surface area contributed by atoms with E-state index in [0.717, 1.165) is 16.6 Å². The summed E-state index contributed by atoms with van der Waals surface area (Å²) >= 11 is 0. The highest BCUT2D eigenvalue weighted by atomic mass is 16.6. The highest BCUT2D eigenvalue weighted by Crippen LogP contribution is 2.20. The number of nitrogens with one attached hydrogen (secondary N) is 1. The molecule has 0 bridgehead atoms. The van der Waals surface area contributed by atoms with Crippen LogP contribution in [0.5, 0.6) is 0 Å². The Hall–Kier alpha value is -1.61.